The van der Waals surface area contributed by atoms with Crippen LogP contribution in [-0.2, 0) is 0 Å². The van der Waals surface area contributed by atoms with Gasteiger partial charge in [0.05, 0.1) is 20.8 Å². The minimum atomic E-state index is -0.365. The molecule has 2 rings (SSSR count). The molecule has 0 spiro atoms. The standard InChI is InChI=1S/C15H17N3O4/c1-4-22-14-8-11(16-9-17-14)15(19)18-10-5-6-12(20-2)13(7-10)21-3/h5-9H,4H2,1-3H3,(H,18,19). The lowest BCUT2D eigenvalue weighted by Crippen LogP contribution is -2.14. The van der Waals surface area contributed by atoms with Gasteiger partial charge in [0.1, 0.15) is 12.0 Å². The zero-order valence-electron chi connectivity index (χ0n) is 12.6. The zero-order valence-corrected chi connectivity index (χ0v) is 12.6. The van der Waals surface area contributed by atoms with E-state index in [2.05, 4.69) is 15.3 Å². The van der Waals surface area contributed by atoms with Crippen molar-refractivity contribution >= 4 is 11.6 Å². The van der Waals surface area contributed by atoms with Crippen LogP contribution in [0, 0.1) is 0 Å². The third-order valence-corrected chi connectivity index (χ3v) is 2.81. The monoisotopic (exact) mass is 303 g/mol. The van der Waals surface area contributed by atoms with Gasteiger partial charge >= 0.3 is 0 Å². The number of carbonyl (C=O) groups is 1. The predicted molar refractivity (Wildman–Crippen MR) is 80.7 cm³/mol. The van der Waals surface area contributed by atoms with Crippen molar-refractivity contribution in [1.29, 1.82) is 0 Å². The first-order valence-electron chi connectivity index (χ1n) is 6.66. The Hall–Kier alpha value is -2.83. The van der Waals surface area contributed by atoms with Crippen LogP contribution < -0.4 is 19.5 Å². The number of nitrogens with zero attached hydrogens (tertiary/aromatic N) is 2. The molecule has 0 radical (unpaired) electrons. The summed E-state index contributed by atoms with van der Waals surface area (Å²) in [5, 5.41) is 2.73. The maximum absolute atomic E-state index is 12.2. The molecule has 7 heteroatoms. The molecule has 1 N–H and O–H groups in total. The van der Waals surface area contributed by atoms with Gasteiger partial charge in [-0.05, 0) is 19.1 Å². The summed E-state index contributed by atoms with van der Waals surface area (Å²) >= 11 is 0. The van der Waals surface area contributed by atoms with Crippen molar-refractivity contribution in [3.05, 3.63) is 36.3 Å². The zero-order chi connectivity index (χ0) is 15.9. The average Bonchev–Trinajstić information content (AvgIpc) is 2.55. The van der Waals surface area contributed by atoms with Gasteiger partial charge in [-0.25, -0.2) is 9.97 Å². The van der Waals surface area contributed by atoms with Crippen LogP contribution >= 0.6 is 0 Å². The van der Waals surface area contributed by atoms with E-state index < -0.39 is 0 Å². The van der Waals surface area contributed by atoms with Gasteiger partial charge in [-0.15, -0.1) is 0 Å². The normalized spacial score (nSPS) is 9.95. The number of methoxy groups -OCH3 is 2. The van der Waals surface area contributed by atoms with Crippen LogP contribution in [0.25, 0.3) is 0 Å². The molecule has 2 aromatic rings. The van der Waals surface area contributed by atoms with E-state index in [1.54, 1.807) is 25.3 Å². The van der Waals surface area contributed by atoms with Crippen LogP contribution in [0.15, 0.2) is 30.6 Å². The van der Waals surface area contributed by atoms with E-state index in [-0.39, 0.29) is 11.6 Å². The molecule has 1 aromatic heterocycles. The predicted octanol–water partition coefficient (Wildman–Crippen LogP) is 2.14. The van der Waals surface area contributed by atoms with Crippen LogP contribution in [0.3, 0.4) is 0 Å². The fourth-order valence-electron chi connectivity index (χ4n) is 1.80. The Morgan fingerprint density at radius 1 is 1.14 bits per heavy atom. The quantitative estimate of drug-likeness (QED) is 0.880. The van der Waals surface area contributed by atoms with Crippen molar-refractivity contribution in [1.82, 2.24) is 9.97 Å². The van der Waals surface area contributed by atoms with Gasteiger partial charge in [-0.1, -0.05) is 0 Å². The number of anilines is 1. The first-order valence-corrected chi connectivity index (χ1v) is 6.66. The van der Waals surface area contributed by atoms with Gasteiger partial charge in [0.25, 0.3) is 5.91 Å². The number of ether oxygens (including phenoxy) is 3. The Morgan fingerprint density at radius 2 is 1.91 bits per heavy atom. The summed E-state index contributed by atoms with van der Waals surface area (Å²) in [7, 11) is 3.08. The Balaban J connectivity index is 2.16. The molecule has 0 atom stereocenters. The summed E-state index contributed by atoms with van der Waals surface area (Å²) in [6, 6.07) is 6.57. The molecule has 0 aliphatic carbocycles. The second-order valence-electron chi connectivity index (χ2n) is 4.20. The molecule has 116 valence electrons. The minimum Gasteiger partial charge on any atom is -0.493 e. The molecule has 7 nitrogen and oxygen atoms in total. The number of benzene rings is 1. The maximum atomic E-state index is 12.2. The van der Waals surface area contributed by atoms with E-state index in [4.69, 9.17) is 14.2 Å². The second kappa shape index (κ2) is 7.26. The van der Waals surface area contributed by atoms with Crippen LogP contribution in [0.5, 0.6) is 17.4 Å². The lowest BCUT2D eigenvalue weighted by molar-refractivity contribution is 0.102. The second-order valence-corrected chi connectivity index (χ2v) is 4.20. The summed E-state index contributed by atoms with van der Waals surface area (Å²) < 4.78 is 15.6. The first-order chi connectivity index (χ1) is 10.7. The van der Waals surface area contributed by atoms with Gasteiger partial charge in [0.2, 0.25) is 5.88 Å². The molecule has 0 bridgehead atoms. The highest BCUT2D eigenvalue weighted by atomic mass is 16.5. The molecule has 0 saturated heterocycles. The van der Waals surface area contributed by atoms with Gasteiger partial charge in [-0.2, -0.15) is 0 Å². The van der Waals surface area contributed by atoms with Crippen LogP contribution in [-0.4, -0.2) is 36.7 Å². The summed E-state index contributed by atoms with van der Waals surface area (Å²) in [6.07, 6.45) is 1.29. The van der Waals surface area contributed by atoms with E-state index in [1.807, 2.05) is 6.92 Å². The maximum Gasteiger partial charge on any atom is 0.274 e. The van der Waals surface area contributed by atoms with Crippen LogP contribution in [0.4, 0.5) is 5.69 Å². The number of aromatic nitrogens is 2. The Kier molecular flexibility index (Phi) is 5.13. The topological polar surface area (TPSA) is 82.6 Å². The third-order valence-electron chi connectivity index (χ3n) is 2.81. The summed E-state index contributed by atoms with van der Waals surface area (Å²) in [5.41, 5.74) is 0.785. The molecule has 1 aromatic carbocycles. The van der Waals surface area contributed by atoms with Crippen molar-refractivity contribution in [3.8, 4) is 17.4 Å². The van der Waals surface area contributed by atoms with E-state index in [0.717, 1.165) is 0 Å². The summed E-state index contributed by atoms with van der Waals surface area (Å²) in [6.45, 7) is 2.30. The Bertz CT molecular complexity index is 661. The molecule has 0 aliphatic rings. The van der Waals surface area contributed by atoms with Crippen LogP contribution in [0.1, 0.15) is 17.4 Å². The molecule has 1 heterocycles. The molecule has 0 saturated carbocycles. The number of rotatable bonds is 6. The fraction of sp³-hybridized carbons (Fsp3) is 0.267. The van der Waals surface area contributed by atoms with Gasteiger partial charge < -0.3 is 19.5 Å². The number of carbonyl (C=O) groups excluding carboxylic acids is 1. The molecular formula is C15H17N3O4. The van der Waals surface area contributed by atoms with Crippen molar-refractivity contribution in [2.24, 2.45) is 0 Å². The number of hydrogen-bond acceptors (Lipinski definition) is 6. The lowest BCUT2D eigenvalue weighted by Gasteiger charge is -2.10. The van der Waals surface area contributed by atoms with E-state index in [1.165, 1.54) is 19.5 Å². The molecule has 1 amide bonds. The van der Waals surface area contributed by atoms with E-state index >= 15 is 0 Å². The smallest absolute Gasteiger partial charge is 0.274 e. The largest absolute Gasteiger partial charge is 0.493 e. The Labute approximate surface area is 128 Å². The van der Waals surface area contributed by atoms with E-state index in [9.17, 15) is 4.79 Å². The minimum absolute atomic E-state index is 0.216. The molecule has 0 fully saturated rings. The van der Waals surface area contributed by atoms with Gasteiger partial charge in [0.15, 0.2) is 11.5 Å². The summed E-state index contributed by atoms with van der Waals surface area (Å²) in [5.74, 6) is 1.10. The molecule has 22 heavy (non-hydrogen) atoms. The lowest BCUT2D eigenvalue weighted by atomic mass is 10.2. The van der Waals surface area contributed by atoms with Gasteiger partial charge in [-0.3, -0.25) is 4.79 Å². The van der Waals surface area contributed by atoms with E-state index in [0.29, 0.717) is 29.7 Å². The molecular weight excluding hydrogens is 286 g/mol. The number of amides is 1. The highest BCUT2D eigenvalue weighted by molar-refractivity contribution is 6.03. The molecule has 0 unspecified atom stereocenters. The fourth-order valence-corrected chi connectivity index (χ4v) is 1.80. The Morgan fingerprint density at radius 3 is 2.59 bits per heavy atom. The van der Waals surface area contributed by atoms with Crippen LogP contribution in [0.2, 0.25) is 0 Å². The number of hydrogen-bond donors (Lipinski definition) is 1. The average molecular weight is 303 g/mol. The van der Waals surface area contributed by atoms with Crippen molar-refractivity contribution in [2.45, 2.75) is 6.92 Å². The number of nitrogens with one attached hydrogen (secondary N) is 1. The first kappa shape index (κ1) is 15.6. The van der Waals surface area contributed by atoms with Crippen molar-refractivity contribution in [3.63, 3.8) is 0 Å². The SMILES string of the molecule is CCOc1cc(C(=O)Nc2ccc(OC)c(OC)c2)ncn1. The third kappa shape index (κ3) is 3.63. The highest BCUT2D eigenvalue weighted by Crippen LogP contribution is 2.29. The van der Waals surface area contributed by atoms with Crippen molar-refractivity contribution in [2.75, 3.05) is 26.1 Å². The highest BCUT2D eigenvalue weighted by Gasteiger charge is 2.11. The summed E-state index contributed by atoms with van der Waals surface area (Å²) in [4.78, 5) is 20.0. The molecule has 0 aliphatic heterocycles. The van der Waals surface area contributed by atoms with Crippen molar-refractivity contribution < 1.29 is 19.0 Å². The van der Waals surface area contributed by atoms with Gasteiger partial charge in [0, 0.05) is 17.8 Å².